The summed E-state index contributed by atoms with van der Waals surface area (Å²) in [5, 5.41) is 0. The van der Waals surface area contributed by atoms with E-state index in [0.717, 1.165) is 0 Å². The maximum absolute atomic E-state index is 11.5. The lowest BCUT2D eigenvalue weighted by atomic mass is 10.6. The van der Waals surface area contributed by atoms with Gasteiger partial charge in [-0.1, -0.05) is 18.1 Å². The highest BCUT2D eigenvalue weighted by Crippen LogP contribution is 2.46. The smallest absolute Gasteiger partial charge is 0.312 e. The van der Waals surface area contributed by atoms with Crippen LogP contribution < -0.4 is 0 Å². The normalized spacial score (nSPS) is 15.8. The molecule has 3 nitrogen and oxygen atoms in total. The molecule has 68 valence electrons. The van der Waals surface area contributed by atoms with Crippen molar-refractivity contribution in [3.63, 3.8) is 0 Å². The van der Waals surface area contributed by atoms with Gasteiger partial charge in [-0.15, -0.1) is 6.42 Å². The summed E-state index contributed by atoms with van der Waals surface area (Å²) in [6, 6.07) is 0. The van der Waals surface area contributed by atoms with Gasteiger partial charge in [0.05, 0.1) is 6.16 Å². The number of hydrogen-bond acceptors (Lipinski definition) is 3. The van der Waals surface area contributed by atoms with Gasteiger partial charge in [0.2, 0.25) is 0 Å². The summed E-state index contributed by atoms with van der Waals surface area (Å²) < 4.78 is 21.1. The minimum Gasteiger partial charge on any atom is -0.312 e. The molecule has 0 rings (SSSR count). The largest absolute Gasteiger partial charge is 0.335 e. The third kappa shape index (κ3) is 4.35. The Morgan fingerprint density at radius 3 is 2.75 bits per heavy atom. The quantitative estimate of drug-likeness (QED) is 0.376. The highest BCUT2D eigenvalue weighted by Gasteiger charge is 2.19. The van der Waals surface area contributed by atoms with Crippen LogP contribution in [0.4, 0.5) is 0 Å². The summed E-state index contributed by atoms with van der Waals surface area (Å²) in [7, 11) is -1.61. The van der Waals surface area contributed by atoms with Crippen LogP contribution in [0, 0.1) is 12.3 Å². The highest BCUT2D eigenvalue weighted by molar-refractivity contribution is 7.54. The molecule has 0 aliphatic rings. The van der Waals surface area contributed by atoms with Gasteiger partial charge in [-0.3, -0.25) is 9.09 Å². The number of allylic oxidation sites excluding steroid dienone is 2. The second-order valence-corrected chi connectivity index (χ2v) is 4.23. The van der Waals surface area contributed by atoms with Crippen LogP contribution in [0.3, 0.4) is 0 Å². The van der Waals surface area contributed by atoms with Crippen LogP contribution in [0.5, 0.6) is 0 Å². The molecule has 0 amide bonds. The lowest BCUT2D eigenvalue weighted by molar-refractivity contribution is 0.260. The van der Waals surface area contributed by atoms with E-state index in [0.29, 0.717) is 0 Å². The monoisotopic (exact) mass is 188 g/mol. The predicted molar refractivity (Wildman–Crippen MR) is 49.1 cm³/mol. The molecule has 0 aromatic rings. The van der Waals surface area contributed by atoms with E-state index in [-0.39, 0.29) is 12.8 Å². The van der Waals surface area contributed by atoms with Crippen molar-refractivity contribution in [1.82, 2.24) is 0 Å². The van der Waals surface area contributed by atoms with Crippen LogP contribution in [0.2, 0.25) is 0 Å². The van der Waals surface area contributed by atoms with Crippen molar-refractivity contribution in [1.29, 1.82) is 0 Å². The van der Waals surface area contributed by atoms with Crippen molar-refractivity contribution in [3.8, 4) is 12.3 Å². The SMILES string of the molecule is C#CCOP(=O)(CC=CC)OC. The predicted octanol–water partition coefficient (Wildman–Crippen LogP) is 2.05. The Balaban J connectivity index is 4.07. The first-order valence-corrected chi connectivity index (χ1v) is 5.25. The zero-order valence-electron chi connectivity index (χ0n) is 7.32. The second kappa shape index (κ2) is 6.02. The topological polar surface area (TPSA) is 35.5 Å². The van der Waals surface area contributed by atoms with E-state index in [1.807, 2.05) is 6.92 Å². The molecule has 0 aliphatic carbocycles. The van der Waals surface area contributed by atoms with Gasteiger partial charge >= 0.3 is 7.60 Å². The van der Waals surface area contributed by atoms with E-state index in [2.05, 4.69) is 5.92 Å². The van der Waals surface area contributed by atoms with E-state index in [9.17, 15) is 4.57 Å². The standard InChI is InChI=1S/C8H13O3P/c1-4-6-8-12(9,10-3)11-7-5-2/h2,4,6H,7-8H2,1,3H3. The number of hydrogen-bond donors (Lipinski definition) is 0. The van der Waals surface area contributed by atoms with Gasteiger partial charge in [0.1, 0.15) is 6.61 Å². The molecule has 0 N–H and O–H groups in total. The molecule has 0 bridgehead atoms. The minimum atomic E-state index is -2.96. The molecular formula is C8H13O3P. The molecule has 0 fully saturated rings. The summed E-state index contributed by atoms with van der Waals surface area (Å²) >= 11 is 0. The third-order valence-electron chi connectivity index (χ3n) is 1.19. The fourth-order valence-electron chi connectivity index (χ4n) is 0.550. The second-order valence-electron chi connectivity index (χ2n) is 2.02. The average Bonchev–Trinajstić information content (AvgIpc) is 2.11. The van der Waals surface area contributed by atoms with Gasteiger partial charge in [-0.05, 0) is 6.92 Å². The Bertz CT molecular complexity index is 227. The first-order chi connectivity index (χ1) is 5.68. The van der Waals surface area contributed by atoms with Crippen LogP contribution in [0.15, 0.2) is 12.2 Å². The van der Waals surface area contributed by atoms with Crippen LogP contribution >= 0.6 is 7.60 Å². The Morgan fingerprint density at radius 1 is 1.67 bits per heavy atom. The van der Waals surface area contributed by atoms with Crippen molar-refractivity contribution in [2.75, 3.05) is 19.9 Å². The van der Waals surface area contributed by atoms with Gasteiger partial charge in [-0.25, -0.2) is 0 Å². The third-order valence-corrected chi connectivity index (χ3v) is 2.92. The number of terminal acetylenes is 1. The van der Waals surface area contributed by atoms with Crippen molar-refractivity contribution in [3.05, 3.63) is 12.2 Å². The molecule has 12 heavy (non-hydrogen) atoms. The maximum atomic E-state index is 11.5. The fraction of sp³-hybridized carbons (Fsp3) is 0.500. The van der Waals surface area contributed by atoms with E-state index in [4.69, 9.17) is 15.5 Å². The van der Waals surface area contributed by atoms with Crippen molar-refractivity contribution >= 4 is 7.60 Å². The van der Waals surface area contributed by atoms with Crippen LogP contribution in [-0.2, 0) is 13.6 Å². The minimum absolute atomic E-state index is 0.0165. The summed E-state index contributed by atoms with van der Waals surface area (Å²) in [5.41, 5.74) is 0. The Morgan fingerprint density at radius 2 is 2.33 bits per heavy atom. The summed E-state index contributed by atoms with van der Waals surface area (Å²) in [6.45, 7) is 1.85. The van der Waals surface area contributed by atoms with Gasteiger partial charge in [0.15, 0.2) is 0 Å². The molecule has 4 heteroatoms. The van der Waals surface area contributed by atoms with E-state index in [1.165, 1.54) is 7.11 Å². The zero-order chi connectivity index (χ0) is 9.45. The fourth-order valence-corrected chi connectivity index (χ4v) is 1.65. The molecule has 0 saturated heterocycles. The van der Waals surface area contributed by atoms with E-state index < -0.39 is 7.60 Å². The van der Waals surface area contributed by atoms with Crippen molar-refractivity contribution in [2.45, 2.75) is 6.92 Å². The van der Waals surface area contributed by atoms with Crippen LogP contribution in [0.1, 0.15) is 6.92 Å². The molecule has 0 radical (unpaired) electrons. The Kier molecular flexibility index (Phi) is 5.74. The molecule has 0 heterocycles. The van der Waals surface area contributed by atoms with Crippen LogP contribution in [-0.4, -0.2) is 19.9 Å². The average molecular weight is 188 g/mol. The Hall–Kier alpha value is -0.550. The molecule has 0 aliphatic heterocycles. The van der Waals surface area contributed by atoms with Gasteiger partial charge in [0.25, 0.3) is 0 Å². The molecule has 1 atom stereocenters. The lowest BCUT2D eigenvalue weighted by Crippen LogP contribution is -1.96. The van der Waals surface area contributed by atoms with Gasteiger partial charge < -0.3 is 4.52 Å². The molecule has 0 aromatic heterocycles. The van der Waals surface area contributed by atoms with Crippen molar-refractivity contribution in [2.24, 2.45) is 0 Å². The highest BCUT2D eigenvalue weighted by atomic mass is 31.2. The molecule has 0 spiro atoms. The molecule has 0 saturated carbocycles. The summed E-state index contributed by atoms with van der Waals surface area (Å²) in [5.74, 6) is 2.24. The van der Waals surface area contributed by atoms with Gasteiger partial charge in [-0.2, -0.15) is 0 Å². The van der Waals surface area contributed by atoms with Crippen molar-refractivity contribution < 1.29 is 13.6 Å². The summed E-state index contributed by atoms with van der Waals surface area (Å²) in [4.78, 5) is 0. The lowest BCUT2D eigenvalue weighted by Gasteiger charge is -2.11. The molecular weight excluding hydrogens is 175 g/mol. The summed E-state index contributed by atoms with van der Waals surface area (Å²) in [6.07, 6.45) is 8.72. The van der Waals surface area contributed by atoms with Crippen LogP contribution in [0.25, 0.3) is 0 Å². The van der Waals surface area contributed by atoms with Gasteiger partial charge in [0, 0.05) is 7.11 Å². The first-order valence-electron chi connectivity index (χ1n) is 3.52. The first kappa shape index (κ1) is 11.4. The zero-order valence-corrected chi connectivity index (χ0v) is 8.21. The van der Waals surface area contributed by atoms with E-state index >= 15 is 0 Å². The van der Waals surface area contributed by atoms with E-state index in [1.54, 1.807) is 12.2 Å². The number of rotatable bonds is 5. The molecule has 0 aromatic carbocycles. The maximum Gasteiger partial charge on any atom is 0.335 e. The molecule has 1 unspecified atom stereocenters. The Labute approximate surface area is 73.3 Å².